The van der Waals surface area contributed by atoms with Gasteiger partial charge in [-0.15, -0.1) is 0 Å². The van der Waals surface area contributed by atoms with E-state index in [2.05, 4.69) is 18.2 Å². The SMILES string of the molecule is Cc1cc(Cc2ccccc2)cc(B(O)O)c1. The molecular formula is C14H15BO2. The van der Waals surface area contributed by atoms with Crippen LogP contribution in [0.15, 0.2) is 48.5 Å². The molecule has 0 unspecified atom stereocenters. The predicted molar refractivity (Wildman–Crippen MR) is 70.3 cm³/mol. The van der Waals surface area contributed by atoms with Gasteiger partial charge in [0.05, 0.1) is 0 Å². The number of hydrogen-bond acceptors (Lipinski definition) is 2. The van der Waals surface area contributed by atoms with Crippen molar-refractivity contribution in [3.63, 3.8) is 0 Å². The molecule has 0 atom stereocenters. The Morgan fingerprint density at radius 2 is 1.65 bits per heavy atom. The van der Waals surface area contributed by atoms with E-state index in [0.29, 0.717) is 5.46 Å². The second kappa shape index (κ2) is 5.17. The number of aryl methyl sites for hydroxylation is 1. The van der Waals surface area contributed by atoms with Crippen LogP contribution in [0.3, 0.4) is 0 Å². The first-order chi connectivity index (χ1) is 8.15. The van der Waals surface area contributed by atoms with Crippen LogP contribution < -0.4 is 5.46 Å². The highest BCUT2D eigenvalue weighted by atomic mass is 16.4. The second-order valence-electron chi connectivity index (χ2n) is 4.29. The van der Waals surface area contributed by atoms with Crippen molar-refractivity contribution in [1.29, 1.82) is 0 Å². The lowest BCUT2D eigenvalue weighted by Gasteiger charge is -2.07. The van der Waals surface area contributed by atoms with Crippen LogP contribution in [-0.4, -0.2) is 17.2 Å². The van der Waals surface area contributed by atoms with E-state index in [1.807, 2.05) is 31.2 Å². The normalized spacial score (nSPS) is 10.3. The Hall–Kier alpha value is -1.58. The molecule has 3 heteroatoms. The van der Waals surface area contributed by atoms with Gasteiger partial charge in [0.1, 0.15) is 0 Å². The van der Waals surface area contributed by atoms with Gasteiger partial charge in [-0.3, -0.25) is 0 Å². The molecule has 0 aromatic heterocycles. The fraction of sp³-hybridized carbons (Fsp3) is 0.143. The maximum atomic E-state index is 9.19. The molecule has 0 amide bonds. The zero-order valence-electron chi connectivity index (χ0n) is 9.80. The van der Waals surface area contributed by atoms with E-state index in [1.54, 1.807) is 6.07 Å². The molecule has 0 heterocycles. The quantitative estimate of drug-likeness (QED) is 0.773. The first-order valence-corrected chi connectivity index (χ1v) is 5.65. The van der Waals surface area contributed by atoms with Crippen molar-refractivity contribution < 1.29 is 10.0 Å². The average molecular weight is 226 g/mol. The van der Waals surface area contributed by atoms with E-state index in [9.17, 15) is 10.0 Å². The fourth-order valence-corrected chi connectivity index (χ4v) is 1.98. The molecule has 0 spiro atoms. The summed E-state index contributed by atoms with van der Waals surface area (Å²) in [5, 5.41) is 18.4. The number of hydrogen-bond donors (Lipinski definition) is 2. The molecule has 2 nitrogen and oxygen atoms in total. The second-order valence-corrected chi connectivity index (χ2v) is 4.29. The van der Waals surface area contributed by atoms with Crippen molar-refractivity contribution in [1.82, 2.24) is 0 Å². The van der Waals surface area contributed by atoms with E-state index < -0.39 is 7.12 Å². The third-order valence-corrected chi connectivity index (χ3v) is 2.71. The molecule has 0 aliphatic rings. The molecule has 0 radical (unpaired) electrons. The number of rotatable bonds is 3. The lowest BCUT2D eigenvalue weighted by atomic mass is 9.78. The molecule has 0 bridgehead atoms. The fourth-order valence-electron chi connectivity index (χ4n) is 1.98. The summed E-state index contributed by atoms with van der Waals surface area (Å²) in [6, 6.07) is 15.8. The Labute approximate surface area is 102 Å². The summed E-state index contributed by atoms with van der Waals surface area (Å²) in [5.41, 5.74) is 3.91. The lowest BCUT2D eigenvalue weighted by Crippen LogP contribution is -2.30. The van der Waals surface area contributed by atoms with Crippen LogP contribution in [0.4, 0.5) is 0 Å². The van der Waals surface area contributed by atoms with Crippen molar-refractivity contribution in [2.24, 2.45) is 0 Å². The van der Waals surface area contributed by atoms with Crippen LogP contribution in [0.5, 0.6) is 0 Å². The molecule has 2 rings (SSSR count). The highest BCUT2D eigenvalue weighted by Crippen LogP contribution is 2.10. The van der Waals surface area contributed by atoms with Crippen LogP contribution >= 0.6 is 0 Å². The van der Waals surface area contributed by atoms with Crippen molar-refractivity contribution in [3.05, 3.63) is 65.2 Å². The Morgan fingerprint density at radius 1 is 0.941 bits per heavy atom. The van der Waals surface area contributed by atoms with Gasteiger partial charge < -0.3 is 10.0 Å². The van der Waals surface area contributed by atoms with Gasteiger partial charge in [0.15, 0.2) is 0 Å². The highest BCUT2D eigenvalue weighted by molar-refractivity contribution is 6.58. The van der Waals surface area contributed by atoms with Crippen LogP contribution in [0.25, 0.3) is 0 Å². The first-order valence-electron chi connectivity index (χ1n) is 5.65. The minimum atomic E-state index is -1.40. The highest BCUT2D eigenvalue weighted by Gasteiger charge is 2.12. The van der Waals surface area contributed by atoms with Crippen LogP contribution in [0, 0.1) is 6.92 Å². The molecule has 0 fully saturated rings. The third kappa shape index (κ3) is 3.19. The maximum absolute atomic E-state index is 9.19. The first kappa shape index (κ1) is 11.9. The van der Waals surface area contributed by atoms with Crippen LogP contribution in [-0.2, 0) is 6.42 Å². The summed E-state index contributed by atoms with van der Waals surface area (Å²) < 4.78 is 0. The summed E-state index contributed by atoms with van der Waals surface area (Å²) in [6.45, 7) is 1.96. The summed E-state index contributed by atoms with van der Waals surface area (Å²) in [5.74, 6) is 0. The Bertz CT molecular complexity index is 495. The molecular weight excluding hydrogens is 211 g/mol. The number of benzene rings is 2. The average Bonchev–Trinajstić information content (AvgIpc) is 2.29. The van der Waals surface area contributed by atoms with Gasteiger partial charge in [0, 0.05) is 0 Å². The molecule has 86 valence electrons. The molecule has 0 saturated carbocycles. The zero-order chi connectivity index (χ0) is 12.3. The summed E-state index contributed by atoms with van der Waals surface area (Å²) in [7, 11) is -1.40. The Balaban J connectivity index is 2.27. The molecule has 2 N–H and O–H groups in total. The monoisotopic (exact) mass is 226 g/mol. The van der Waals surface area contributed by atoms with E-state index in [0.717, 1.165) is 17.5 Å². The zero-order valence-corrected chi connectivity index (χ0v) is 9.80. The summed E-state index contributed by atoms with van der Waals surface area (Å²) >= 11 is 0. The summed E-state index contributed by atoms with van der Waals surface area (Å²) in [6.07, 6.45) is 0.808. The van der Waals surface area contributed by atoms with Gasteiger partial charge in [-0.05, 0) is 29.9 Å². The van der Waals surface area contributed by atoms with E-state index in [4.69, 9.17) is 0 Å². The van der Waals surface area contributed by atoms with Gasteiger partial charge in [-0.2, -0.15) is 0 Å². The van der Waals surface area contributed by atoms with Gasteiger partial charge in [-0.1, -0.05) is 54.1 Å². The maximum Gasteiger partial charge on any atom is 0.488 e. The van der Waals surface area contributed by atoms with E-state index in [1.165, 1.54) is 5.56 Å². The van der Waals surface area contributed by atoms with Crippen molar-refractivity contribution in [3.8, 4) is 0 Å². The van der Waals surface area contributed by atoms with E-state index in [-0.39, 0.29) is 0 Å². The van der Waals surface area contributed by atoms with Crippen LogP contribution in [0.2, 0.25) is 0 Å². The van der Waals surface area contributed by atoms with Crippen LogP contribution in [0.1, 0.15) is 16.7 Å². The standard InChI is InChI=1S/C14H15BO2/c1-11-7-13(10-14(8-11)15(16)17)9-12-5-3-2-4-6-12/h2-8,10,16-17H,9H2,1H3. The Kier molecular flexibility index (Phi) is 3.62. The van der Waals surface area contributed by atoms with E-state index >= 15 is 0 Å². The molecule has 0 saturated heterocycles. The van der Waals surface area contributed by atoms with Gasteiger partial charge in [0.25, 0.3) is 0 Å². The van der Waals surface area contributed by atoms with Gasteiger partial charge >= 0.3 is 7.12 Å². The minimum Gasteiger partial charge on any atom is -0.423 e. The topological polar surface area (TPSA) is 40.5 Å². The van der Waals surface area contributed by atoms with Gasteiger partial charge in [-0.25, -0.2) is 0 Å². The smallest absolute Gasteiger partial charge is 0.423 e. The molecule has 2 aromatic carbocycles. The molecule has 17 heavy (non-hydrogen) atoms. The summed E-state index contributed by atoms with van der Waals surface area (Å²) in [4.78, 5) is 0. The van der Waals surface area contributed by atoms with Crippen molar-refractivity contribution >= 4 is 12.6 Å². The molecule has 2 aromatic rings. The van der Waals surface area contributed by atoms with Gasteiger partial charge in [0.2, 0.25) is 0 Å². The minimum absolute atomic E-state index is 0.552. The van der Waals surface area contributed by atoms with Crippen molar-refractivity contribution in [2.75, 3.05) is 0 Å². The predicted octanol–water partition coefficient (Wildman–Crippen LogP) is 1.27. The lowest BCUT2D eigenvalue weighted by molar-refractivity contribution is 0.425. The van der Waals surface area contributed by atoms with Crippen molar-refractivity contribution in [2.45, 2.75) is 13.3 Å². The largest absolute Gasteiger partial charge is 0.488 e. The third-order valence-electron chi connectivity index (χ3n) is 2.71. The molecule has 0 aliphatic heterocycles. The Morgan fingerprint density at radius 3 is 2.29 bits per heavy atom. The molecule has 0 aliphatic carbocycles.